The molecule has 4 aliphatic rings. The molecule has 156 valence electrons. The lowest BCUT2D eigenvalue weighted by molar-refractivity contribution is -0.170. The van der Waals surface area contributed by atoms with Gasteiger partial charge < -0.3 is 15.3 Å². The molecular formula is C23H36N2O3. The molecule has 28 heavy (non-hydrogen) atoms. The summed E-state index contributed by atoms with van der Waals surface area (Å²) < 4.78 is 0. The summed E-state index contributed by atoms with van der Waals surface area (Å²) >= 11 is 0. The maximum Gasteiger partial charge on any atom is 0.139 e. The number of carbonyl (C=O) groups is 1. The van der Waals surface area contributed by atoms with Crippen molar-refractivity contribution in [1.82, 2.24) is 5.32 Å². The predicted octanol–water partition coefficient (Wildman–Crippen LogP) is 3.47. The standard InChI is InChI=1S/C23H36N2O3/c1-15-13-23(27)14-16(25-28-12-11-24-4)7-10-22(23,3)18-8-9-21(2)17(20(15)18)5-6-19(21)26/h17-18,20,24,27H,1,5-14H2,2-4H3/b25-16-/t17-,18-,20-,21-,22+,23+/m0/s1. The van der Waals surface area contributed by atoms with E-state index in [1.165, 1.54) is 0 Å². The fourth-order valence-corrected chi connectivity index (χ4v) is 7.11. The first-order chi connectivity index (χ1) is 13.2. The highest BCUT2D eigenvalue weighted by Crippen LogP contribution is 2.67. The lowest BCUT2D eigenvalue weighted by Gasteiger charge is -2.63. The molecule has 4 rings (SSSR count). The summed E-state index contributed by atoms with van der Waals surface area (Å²) in [5.41, 5.74) is 1.02. The van der Waals surface area contributed by atoms with Crippen LogP contribution in [-0.4, -0.2) is 42.4 Å². The van der Waals surface area contributed by atoms with Gasteiger partial charge in [0.2, 0.25) is 0 Å². The Bertz CT molecular complexity index is 704. The summed E-state index contributed by atoms with van der Waals surface area (Å²) in [5.74, 6) is 1.65. The van der Waals surface area contributed by atoms with Gasteiger partial charge in [-0.15, -0.1) is 0 Å². The third kappa shape index (κ3) is 2.80. The highest BCUT2D eigenvalue weighted by atomic mass is 16.6. The number of likely N-dealkylation sites (N-methyl/N-ethyl adjacent to an activating group) is 1. The van der Waals surface area contributed by atoms with Crippen LogP contribution in [-0.2, 0) is 9.63 Å². The van der Waals surface area contributed by atoms with Gasteiger partial charge in [0.15, 0.2) is 0 Å². The second-order valence-corrected chi connectivity index (χ2v) is 10.2. The Labute approximate surface area is 169 Å². The van der Waals surface area contributed by atoms with Gasteiger partial charge in [0.05, 0.1) is 11.3 Å². The molecule has 4 fully saturated rings. The number of hydrogen-bond donors (Lipinski definition) is 2. The van der Waals surface area contributed by atoms with Gasteiger partial charge in [-0.25, -0.2) is 0 Å². The van der Waals surface area contributed by atoms with Crippen LogP contribution in [0.25, 0.3) is 0 Å². The molecule has 4 saturated carbocycles. The van der Waals surface area contributed by atoms with Crippen molar-refractivity contribution in [3.8, 4) is 0 Å². The first-order valence-corrected chi connectivity index (χ1v) is 11.0. The third-order valence-electron chi connectivity index (χ3n) is 8.92. The van der Waals surface area contributed by atoms with Gasteiger partial charge in [0.25, 0.3) is 0 Å². The number of fused-ring (bicyclic) bond motifs is 5. The second kappa shape index (κ2) is 6.94. The van der Waals surface area contributed by atoms with Gasteiger partial charge in [0, 0.05) is 30.2 Å². The summed E-state index contributed by atoms with van der Waals surface area (Å²) in [4.78, 5) is 18.1. The maximum atomic E-state index is 12.6. The van der Waals surface area contributed by atoms with Crippen molar-refractivity contribution in [1.29, 1.82) is 0 Å². The van der Waals surface area contributed by atoms with Crippen LogP contribution in [0.4, 0.5) is 0 Å². The molecule has 0 heterocycles. The molecule has 0 unspecified atom stereocenters. The minimum atomic E-state index is -0.801. The van der Waals surface area contributed by atoms with Crippen LogP contribution < -0.4 is 5.32 Å². The van der Waals surface area contributed by atoms with Gasteiger partial charge in [0.1, 0.15) is 12.4 Å². The van der Waals surface area contributed by atoms with Gasteiger partial charge in [-0.2, -0.15) is 0 Å². The van der Waals surface area contributed by atoms with E-state index >= 15 is 0 Å². The van der Waals surface area contributed by atoms with Crippen molar-refractivity contribution in [2.45, 2.75) is 70.8 Å². The highest BCUT2D eigenvalue weighted by molar-refractivity contribution is 5.87. The van der Waals surface area contributed by atoms with Crippen LogP contribution in [0.15, 0.2) is 17.3 Å². The second-order valence-electron chi connectivity index (χ2n) is 10.2. The largest absolute Gasteiger partial charge is 0.394 e. The Morgan fingerprint density at radius 1 is 1.21 bits per heavy atom. The van der Waals surface area contributed by atoms with Crippen molar-refractivity contribution in [3.05, 3.63) is 12.2 Å². The van der Waals surface area contributed by atoms with Crippen molar-refractivity contribution >= 4 is 11.5 Å². The van der Waals surface area contributed by atoms with E-state index in [-0.39, 0.29) is 10.8 Å². The van der Waals surface area contributed by atoms with E-state index in [2.05, 4.69) is 30.9 Å². The quantitative estimate of drug-likeness (QED) is 0.439. The molecule has 0 bridgehead atoms. The molecule has 0 spiro atoms. The topological polar surface area (TPSA) is 70.9 Å². The number of Topliss-reactive ketones (excluding diaryl/α,β-unsaturated/α-hetero) is 1. The molecule has 5 nitrogen and oxygen atoms in total. The summed E-state index contributed by atoms with van der Waals surface area (Å²) in [6, 6.07) is 0. The zero-order valence-electron chi connectivity index (χ0n) is 17.7. The molecule has 0 amide bonds. The molecule has 6 atom stereocenters. The van der Waals surface area contributed by atoms with E-state index < -0.39 is 5.60 Å². The van der Waals surface area contributed by atoms with E-state index in [4.69, 9.17) is 4.84 Å². The van der Waals surface area contributed by atoms with E-state index in [1.54, 1.807) is 0 Å². The summed E-state index contributed by atoms with van der Waals surface area (Å²) in [6.45, 7) is 10.2. The minimum Gasteiger partial charge on any atom is -0.394 e. The molecular weight excluding hydrogens is 352 g/mol. The minimum absolute atomic E-state index is 0.143. The summed E-state index contributed by atoms with van der Waals surface area (Å²) in [7, 11) is 1.89. The Kier molecular flexibility index (Phi) is 4.98. The number of aliphatic hydroxyl groups is 1. The Balaban J connectivity index is 1.58. The number of nitrogens with one attached hydrogen (secondary N) is 1. The van der Waals surface area contributed by atoms with Gasteiger partial charge in [-0.3, -0.25) is 4.79 Å². The average Bonchev–Trinajstić information content (AvgIpc) is 2.95. The fraction of sp³-hybridized carbons (Fsp3) is 0.826. The molecule has 4 aliphatic carbocycles. The lowest BCUT2D eigenvalue weighted by atomic mass is 9.43. The molecule has 0 aromatic carbocycles. The van der Waals surface area contributed by atoms with Crippen LogP contribution in [0.2, 0.25) is 0 Å². The van der Waals surface area contributed by atoms with Crippen molar-refractivity contribution in [3.63, 3.8) is 0 Å². The van der Waals surface area contributed by atoms with E-state index in [0.29, 0.717) is 43.0 Å². The van der Waals surface area contributed by atoms with Gasteiger partial charge in [-0.05, 0) is 63.3 Å². The zero-order chi connectivity index (χ0) is 20.2. The molecule has 5 heteroatoms. The van der Waals surface area contributed by atoms with Crippen LogP contribution in [0.5, 0.6) is 0 Å². The van der Waals surface area contributed by atoms with E-state index in [1.807, 2.05) is 7.05 Å². The number of oxime groups is 1. The van der Waals surface area contributed by atoms with Gasteiger partial charge in [-0.1, -0.05) is 31.2 Å². The van der Waals surface area contributed by atoms with Crippen LogP contribution in [0.3, 0.4) is 0 Å². The number of ketones is 1. The number of rotatable bonds is 4. The highest BCUT2D eigenvalue weighted by Gasteiger charge is 2.65. The van der Waals surface area contributed by atoms with Crippen LogP contribution in [0, 0.1) is 28.6 Å². The molecule has 0 aromatic heterocycles. The molecule has 0 aromatic rings. The van der Waals surface area contributed by atoms with E-state index in [0.717, 1.165) is 56.4 Å². The summed E-state index contributed by atoms with van der Waals surface area (Å²) in [5, 5.41) is 19.2. The molecule has 2 N–H and O–H groups in total. The predicted molar refractivity (Wildman–Crippen MR) is 110 cm³/mol. The molecule has 0 saturated heterocycles. The number of nitrogens with zero attached hydrogens (tertiary/aromatic N) is 1. The van der Waals surface area contributed by atoms with Crippen molar-refractivity contribution < 1.29 is 14.7 Å². The lowest BCUT2D eigenvalue weighted by Crippen LogP contribution is -2.63. The normalized spacial score (nSPS) is 46.9. The SMILES string of the molecule is C=C1C[C@@]2(O)C/C(=N\OCCNC)CC[C@]2(C)[C@H]2CC[C@]3(C)C(=O)CC[C@H]3[C@H]12. The first kappa shape index (κ1) is 20.1. The van der Waals surface area contributed by atoms with Crippen molar-refractivity contribution in [2.75, 3.05) is 20.2 Å². The van der Waals surface area contributed by atoms with Gasteiger partial charge >= 0.3 is 0 Å². The average molecular weight is 389 g/mol. The number of hydrogen-bond acceptors (Lipinski definition) is 5. The van der Waals surface area contributed by atoms with Crippen LogP contribution >= 0.6 is 0 Å². The zero-order valence-corrected chi connectivity index (χ0v) is 17.7. The van der Waals surface area contributed by atoms with E-state index in [9.17, 15) is 9.90 Å². The molecule has 0 radical (unpaired) electrons. The third-order valence-corrected chi connectivity index (χ3v) is 8.92. The fourth-order valence-electron chi connectivity index (χ4n) is 7.11. The maximum absolute atomic E-state index is 12.6. The first-order valence-electron chi connectivity index (χ1n) is 11.0. The Hall–Kier alpha value is -1.20. The smallest absolute Gasteiger partial charge is 0.139 e. The monoisotopic (exact) mass is 388 g/mol. The Morgan fingerprint density at radius 3 is 2.75 bits per heavy atom. The summed E-state index contributed by atoms with van der Waals surface area (Å²) in [6.07, 6.45) is 6.72. The Morgan fingerprint density at radius 2 is 2.00 bits per heavy atom. The van der Waals surface area contributed by atoms with Crippen molar-refractivity contribution in [2.24, 2.45) is 33.7 Å². The molecule has 0 aliphatic heterocycles. The number of carbonyl (C=O) groups excluding carboxylic acids is 1. The van der Waals surface area contributed by atoms with Crippen LogP contribution in [0.1, 0.15) is 65.2 Å².